The number of carboxylic acids is 1. The minimum Gasteiger partial charge on any atom is -0.479 e. The van der Waals surface area contributed by atoms with Gasteiger partial charge in [-0.1, -0.05) is 6.42 Å². The van der Waals surface area contributed by atoms with E-state index in [0.717, 1.165) is 19.3 Å². The Morgan fingerprint density at radius 2 is 1.65 bits per heavy atom. The van der Waals surface area contributed by atoms with Gasteiger partial charge in [0.15, 0.2) is 12.2 Å². The Morgan fingerprint density at radius 1 is 1.12 bits per heavy atom. The third kappa shape index (κ3) is 3.67. The molecule has 0 radical (unpaired) electrons. The van der Waals surface area contributed by atoms with Gasteiger partial charge < -0.3 is 20.1 Å². The molecular formula is C11H18O6. The second-order valence-corrected chi connectivity index (χ2v) is 4.66. The van der Waals surface area contributed by atoms with E-state index in [-0.39, 0.29) is 0 Å². The third-order valence-electron chi connectivity index (χ3n) is 3.05. The number of aliphatic carboxylic acids is 1. The van der Waals surface area contributed by atoms with Gasteiger partial charge in [0, 0.05) is 0 Å². The Labute approximate surface area is 99.2 Å². The average molecular weight is 246 g/mol. The highest BCUT2D eigenvalue weighted by molar-refractivity contribution is 5.84. The molecule has 0 heterocycles. The number of hydrogen-bond donors (Lipinski definition) is 3. The van der Waals surface area contributed by atoms with Crippen molar-refractivity contribution in [2.75, 3.05) is 0 Å². The molecule has 2 unspecified atom stereocenters. The maximum absolute atomic E-state index is 11.5. The lowest BCUT2D eigenvalue weighted by Gasteiger charge is -2.34. The van der Waals surface area contributed by atoms with E-state index in [1.54, 1.807) is 6.92 Å². The van der Waals surface area contributed by atoms with Crippen LogP contribution in [-0.2, 0) is 14.3 Å². The third-order valence-corrected chi connectivity index (χ3v) is 3.05. The Bertz CT molecular complexity index is 294. The fourth-order valence-electron chi connectivity index (χ4n) is 1.97. The lowest BCUT2D eigenvalue weighted by atomic mass is 9.86. The van der Waals surface area contributed by atoms with Crippen molar-refractivity contribution >= 4 is 11.9 Å². The molecule has 6 heteroatoms. The summed E-state index contributed by atoms with van der Waals surface area (Å²) in [6, 6.07) is 0. The summed E-state index contributed by atoms with van der Waals surface area (Å²) in [5.74, 6) is -2.73. The van der Waals surface area contributed by atoms with E-state index < -0.39 is 29.7 Å². The molecule has 1 rings (SSSR count). The largest absolute Gasteiger partial charge is 0.479 e. The van der Waals surface area contributed by atoms with Crippen molar-refractivity contribution in [3.05, 3.63) is 0 Å². The second-order valence-electron chi connectivity index (χ2n) is 4.66. The second kappa shape index (κ2) is 5.46. The quantitative estimate of drug-likeness (QED) is 0.606. The molecule has 3 N–H and O–H groups in total. The van der Waals surface area contributed by atoms with E-state index in [1.807, 2.05) is 0 Å². The minimum atomic E-state index is -2.14. The van der Waals surface area contributed by atoms with Crippen LogP contribution in [0.3, 0.4) is 0 Å². The number of aliphatic hydroxyl groups excluding tert-OH is 2. The molecule has 1 aliphatic rings. The number of aliphatic hydroxyl groups is 2. The zero-order valence-corrected chi connectivity index (χ0v) is 9.76. The topological polar surface area (TPSA) is 104 Å². The van der Waals surface area contributed by atoms with Gasteiger partial charge >= 0.3 is 11.9 Å². The molecule has 1 saturated carbocycles. The van der Waals surface area contributed by atoms with Crippen molar-refractivity contribution in [3.8, 4) is 0 Å². The number of ether oxygens (including phenoxy) is 1. The molecule has 0 spiro atoms. The van der Waals surface area contributed by atoms with Gasteiger partial charge in [0.25, 0.3) is 0 Å². The molecule has 0 aromatic carbocycles. The van der Waals surface area contributed by atoms with Gasteiger partial charge in [0.05, 0.1) is 0 Å². The molecule has 1 fully saturated rings. The lowest BCUT2D eigenvalue weighted by molar-refractivity contribution is -0.182. The minimum absolute atomic E-state index is 0.658. The first-order chi connectivity index (χ1) is 7.86. The van der Waals surface area contributed by atoms with Crippen molar-refractivity contribution < 1.29 is 29.6 Å². The molecule has 1 aliphatic carbocycles. The highest BCUT2D eigenvalue weighted by Crippen LogP contribution is 2.31. The zero-order valence-electron chi connectivity index (χ0n) is 9.76. The molecule has 98 valence electrons. The van der Waals surface area contributed by atoms with Crippen LogP contribution in [0.2, 0.25) is 0 Å². The lowest BCUT2D eigenvalue weighted by Crippen LogP contribution is -2.45. The fourth-order valence-corrected chi connectivity index (χ4v) is 1.97. The standard InChI is InChI=1S/C11H18O6/c1-11(5-3-2-4-6-11)17-10(16)8(13)7(12)9(14)15/h7-8,12-13H,2-6H2,1H3,(H,14,15). The van der Waals surface area contributed by atoms with E-state index in [0.29, 0.717) is 12.8 Å². The highest BCUT2D eigenvalue weighted by Gasteiger charge is 2.37. The van der Waals surface area contributed by atoms with Crippen molar-refractivity contribution in [1.82, 2.24) is 0 Å². The molecule has 0 aliphatic heterocycles. The molecule has 6 nitrogen and oxygen atoms in total. The molecule has 17 heavy (non-hydrogen) atoms. The Kier molecular flexibility index (Phi) is 4.47. The SMILES string of the molecule is CC1(OC(=O)C(O)C(O)C(=O)O)CCCCC1. The van der Waals surface area contributed by atoms with E-state index >= 15 is 0 Å². The first-order valence-corrected chi connectivity index (χ1v) is 5.67. The summed E-state index contributed by atoms with van der Waals surface area (Å²) in [6.07, 6.45) is 0.139. The van der Waals surface area contributed by atoms with Crippen molar-refractivity contribution in [3.63, 3.8) is 0 Å². The van der Waals surface area contributed by atoms with Gasteiger partial charge in [-0.05, 0) is 32.6 Å². The fraction of sp³-hybridized carbons (Fsp3) is 0.818. The summed E-state index contributed by atoms with van der Waals surface area (Å²) in [4.78, 5) is 21.9. The summed E-state index contributed by atoms with van der Waals surface area (Å²) in [7, 11) is 0. The summed E-state index contributed by atoms with van der Waals surface area (Å²) in [5, 5.41) is 26.8. The smallest absolute Gasteiger partial charge is 0.338 e. The van der Waals surface area contributed by atoms with Crippen LogP contribution in [0, 0.1) is 0 Å². The molecule has 0 bridgehead atoms. The molecule has 2 atom stereocenters. The van der Waals surface area contributed by atoms with Crippen molar-refractivity contribution in [2.45, 2.75) is 56.8 Å². The summed E-state index contributed by atoms with van der Waals surface area (Å²) in [6.45, 7) is 1.75. The average Bonchev–Trinajstić information content (AvgIpc) is 2.27. The van der Waals surface area contributed by atoms with Crippen LogP contribution in [0.1, 0.15) is 39.0 Å². The van der Waals surface area contributed by atoms with Crippen LogP contribution in [-0.4, -0.2) is 45.1 Å². The maximum Gasteiger partial charge on any atom is 0.338 e. The first-order valence-electron chi connectivity index (χ1n) is 5.67. The summed E-state index contributed by atoms with van der Waals surface area (Å²) in [5.41, 5.74) is -0.658. The van der Waals surface area contributed by atoms with E-state index in [4.69, 9.17) is 14.9 Å². The Morgan fingerprint density at radius 3 is 2.12 bits per heavy atom. The predicted octanol–water partition coefficient (Wildman–Crippen LogP) is 0.0588. The van der Waals surface area contributed by atoms with Crippen molar-refractivity contribution in [1.29, 1.82) is 0 Å². The summed E-state index contributed by atoms with van der Waals surface area (Å²) < 4.78 is 5.10. The van der Waals surface area contributed by atoms with Gasteiger partial charge in [-0.3, -0.25) is 0 Å². The van der Waals surface area contributed by atoms with Gasteiger partial charge in [0.2, 0.25) is 0 Å². The Hall–Kier alpha value is -1.14. The van der Waals surface area contributed by atoms with Gasteiger partial charge in [-0.25, -0.2) is 9.59 Å². The molecule has 0 saturated heterocycles. The van der Waals surface area contributed by atoms with Gasteiger partial charge in [0.1, 0.15) is 5.60 Å². The van der Waals surface area contributed by atoms with Gasteiger partial charge in [-0.2, -0.15) is 0 Å². The van der Waals surface area contributed by atoms with Gasteiger partial charge in [-0.15, -0.1) is 0 Å². The molecule has 0 amide bonds. The number of carboxylic acid groups (broad SMARTS) is 1. The molecule has 0 aromatic heterocycles. The summed E-state index contributed by atoms with van der Waals surface area (Å²) >= 11 is 0. The number of carbonyl (C=O) groups excluding carboxylic acids is 1. The van der Waals surface area contributed by atoms with Crippen LogP contribution >= 0.6 is 0 Å². The van der Waals surface area contributed by atoms with E-state index in [9.17, 15) is 14.7 Å². The molecular weight excluding hydrogens is 228 g/mol. The number of rotatable bonds is 4. The van der Waals surface area contributed by atoms with Crippen LogP contribution < -0.4 is 0 Å². The monoisotopic (exact) mass is 246 g/mol. The normalized spacial score (nSPS) is 22.5. The zero-order chi connectivity index (χ0) is 13.1. The predicted molar refractivity (Wildman–Crippen MR) is 57.2 cm³/mol. The van der Waals surface area contributed by atoms with Crippen LogP contribution in [0.4, 0.5) is 0 Å². The Balaban J connectivity index is 2.55. The van der Waals surface area contributed by atoms with Crippen LogP contribution in [0.5, 0.6) is 0 Å². The maximum atomic E-state index is 11.5. The van der Waals surface area contributed by atoms with Crippen LogP contribution in [0.25, 0.3) is 0 Å². The number of esters is 1. The highest BCUT2D eigenvalue weighted by atomic mass is 16.6. The van der Waals surface area contributed by atoms with Crippen molar-refractivity contribution in [2.24, 2.45) is 0 Å². The first kappa shape index (κ1) is 13.9. The number of hydrogen-bond acceptors (Lipinski definition) is 5. The number of carbonyl (C=O) groups is 2. The molecule has 0 aromatic rings. The van der Waals surface area contributed by atoms with E-state index in [2.05, 4.69) is 0 Å². The van der Waals surface area contributed by atoms with E-state index in [1.165, 1.54) is 0 Å². The van der Waals surface area contributed by atoms with Crippen LogP contribution in [0.15, 0.2) is 0 Å².